The Morgan fingerprint density at radius 2 is 1.78 bits per heavy atom. The van der Waals surface area contributed by atoms with Crippen LogP contribution in [0.4, 0.5) is 15.6 Å². The largest absolute Gasteiger partial charge is 0.493 e. The smallest absolute Gasteiger partial charge is 0.319 e. The summed E-state index contributed by atoms with van der Waals surface area (Å²) in [6, 6.07) is 10.9. The lowest BCUT2D eigenvalue weighted by molar-refractivity contribution is 0.102. The van der Waals surface area contributed by atoms with E-state index in [4.69, 9.17) is 14.5 Å². The SMILES string of the molecule is CCC(CC)NC(=O)Nc1ccc(Oc2cnc(NC(=O)c3ccc4c(c3)nc(CCN3CCCCC3)n4C(C)C)s2)c(OC)c1. The van der Waals surface area contributed by atoms with Crippen molar-refractivity contribution in [2.75, 3.05) is 37.4 Å². The number of ether oxygens (including phenoxy) is 2. The second kappa shape index (κ2) is 15.4. The van der Waals surface area contributed by atoms with Gasteiger partial charge in [0.2, 0.25) is 5.06 Å². The number of nitrogens with one attached hydrogen (secondary N) is 3. The minimum Gasteiger partial charge on any atom is -0.493 e. The van der Waals surface area contributed by atoms with Crippen molar-refractivity contribution in [3.05, 3.63) is 54.0 Å². The van der Waals surface area contributed by atoms with Gasteiger partial charge < -0.3 is 29.6 Å². The molecule has 3 amide bonds. The van der Waals surface area contributed by atoms with Crippen molar-refractivity contribution in [2.45, 2.75) is 78.3 Å². The van der Waals surface area contributed by atoms with Crippen molar-refractivity contribution in [2.24, 2.45) is 0 Å². The van der Waals surface area contributed by atoms with E-state index >= 15 is 0 Å². The molecule has 1 aliphatic heterocycles. The number of benzene rings is 2. The third-order valence-corrected chi connectivity index (χ3v) is 9.09. The summed E-state index contributed by atoms with van der Waals surface area (Å²) in [4.78, 5) is 37.4. The van der Waals surface area contributed by atoms with E-state index in [2.05, 4.69) is 44.2 Å². The van der Waals surface area contributed by atoms with Gasteiger partial charge in [-0.2, -0.15) is 0 Å². The predicted molar refractivity (Wildman–Crippen MR) is 184 cm³/mol. The highest BCUT2D eigenvalue weighted by atomic mass is 32.1. The molecule has 1 fully saturated rings. The monoisotopic (exact) mass is 647 g/mol. The van der Waals surface area contributed by atoms with E-state index in [1.54, 1.807) is 24.4 Å². The number of carbonyl (C=O) groups excluding carboxylic acids is 2. The number of nitrogens with zero attached hydrogens (tertiary/aromatic N) is 4. The lowest BCUT2D eigenvalue weighted by Crippen LogP contribution is -2.37. The van der Waals surface area contributed by atoms with E-state index in [0.717, 1.165) is 55.8 Å². The van der Waals surface area contributed by atoms with Crippen molar-refractivity contribution < 1.29 is 19.1 Å². The zero-order chi connectivity index (χ0) is 32.6. The van der Waals surface area contributed by atoms with Crippen LogP contribution in [-0.2, 0) is 6.42 Å². The molecule has 0 saturated carbocycles. The van der Waals surface area contributed by atoms with Gasteiger partial charge in [0.05, 0.1) is 24.3 Å². The average Bonchev–Trinajstić information content (AvgIpc) is 3.66. The standard InChI is InChI=1S/C34H45N7O4S/c1-6-24(7-2)36-33(43)37-25-12-14-28(29(20-25)44-5)45-31-21-35-34(46-31)39-32(42)23-11-13-27-26(19-23)38-30(41(27)22(3)4)15-18-40-16-9-8-10-17-40/h11-14,19-22,24H,6-10,15-18H2,1-5H3,(H,35,39,42)(H2,36,37,43). The van der Waals surface area contributed by atoms with Crippen LogP contribution < -0.4 is 25.4 Å². The molecule has 2 aromatic carbocycles. The van der Waals surface area contributed by atoms with E-state index in [1.807, 2.05) is 32.0 Å². The molecule has 5 rings (SSSR count). The number of piperidine rings is 1. The van der Waals surface area contributed by atoms with Gasteiger partial charge in [0, 0.05) is 42.4 Å². The average molecular weight is 648 g/mol. The zero-order valence-corrected chi connectivity index (χ0v) is 28.2. The Labute approximate surface area is 274 Å². The normalized spacial score (nSPS) is 13.7. The Bertz CT molecular complexity index is 1640. The van der Waals surface area contributed by atoms with Gasteiger partial charge in [0.15, 0.2) is 16.6 Å². The van der Waals surface area contributed by atoms with E-state index in [9.17, 15) is 9.59 Å². The van der Waals surface area contributed by atoms with Gasteiger partial charge in [0.25, 0.3) is 5.91 Å². The number of rotatable bonds is 13. The maximum absolute atomic E-state index is 13.2. The summed E-state index contributed by atoms with van der Waals surface area (Å²) in [6.45, 7) is 11.7. The fourth-order valence-electron chi connectivity index (χ4n) is 5.80. The molecule has 246 valence electrons. The first-order chi connectivity index (χ1) is 22.3. The molecule has 2 aromatic heterocycles. The number of aromatic nitrogens is 3. The summed E-state index contributed by atoms with van der Waals surface area (Å²) < 4.78 is 13.8. The second-order valence-corrected chi connectivity index (χ2v) is 12.9. The highest BCUT2D eigenvalue weighted by molar-refractivity contribution is 7.17. The first-order valence-electron chi connectivity index (χ1n) is 16.2. The van der Waals surface area contributed by atoms with Crippen LogP contribution in [0.3, 0.4) is 0 Å². The van der Waals surface area contributed by atoms with Gasteiger partial charge in [-0.1, -0.05) is 31.6 Å². The molecule has 4 aromatic rings. The minimum atomic E-state index is -0.270. The van der Waals surface area contributed by atoms with Gasteiger partial charge >= 0.3 is 6.03 Å². The van der Waals surface area contributed by atoms with Crippen LogP contribution in [0.2, 0.25) is 0 Å². The number of fused-ring (bicyclic) bond motifs is 1. The number of likely N-dealkylation sites (tertiary alicyclic amines) is 1. The maximum atomic E-state index is 13.2. The first-order valence-corrected chi connectivity index (χ1v) is 17.0. The molecule has 3 N–H and O–H groups in total. The van der Waals surface area contributed by atoms with Crippen LogP contribution in [0.5, 0.6) is 16.6 Å². The fraction of sp³-hybridized carbons (Fsp3) is 0.471. The van der Waals surface area contributed by atoms with Crippen molar-refractivity contribution in [1.82, 2.24) is 24.8 Å². The maximum Gasteiger partial charge on any atom is 0.319 e. The quantitative estimate of drug-likeness (QED) is 0.138. The van der Waals surface area contributed by atoms with E-state index in [1.165, 1.54) is 37.7 Å². The molecule has 0 unspecified atom stereocenters. The molecule has 0 atom stereocenters. The van der Waals surface area contributed by atoms with E-state index in [-0.39, 0.29) is 24.0 Å². The number of urea groups is 1. The molecule has 0 spiro atoms. The molecule has 11 nitrogen and oxygen atoms in total. The summed E-state index contributed by atoms with van der Waals surface area (Å²) in [5, 5.41) is 9.56. The molecule has 0 aliphatic carbocycles. The highest BCUT2D eigenvalue weighted by Crippen LogP contribution is 2.37. The second-order valence-electron chi connectivity index (χ2n) is 11.9. The Kier molecular flexibility index (Phi) is 11.1. The Morgan fingerprint density at radius 3 is 2.50 bits per heavy atom. The van der Waals surface area contributed by atoms with E-state index in [0.29, 0.717) is 32.9 Å². The summed E-state index contributed by atoms with van der Waals surface area (Å²) in [5.41, 5.74) is 2.94. The van der Waals surface area contributed by atoms with Crippen molar-refractivity contribution in [3.63, 3.8) is 0 Å². The van der Waals surface area contributed by atoms with Gasteiger partial charge in [-0.25, -0.2) is 14.8 Å². The number of amides is 3. The first kappa shape index (κ1) is 33.2. The van der Waals surface area contributed by atoms with Crippen molar-refractivity contribution in [3.8, 4) is 16.6 Å². The molecular formula is C34H45N7O4S. The van der Waals surface area contributed by atoms with Crippen LogP contribution >= 0.6 is 11.3 Å². The summed E-state index contributed by atoms with van der Waals surface area (Å²) in [5.74, 6) is 1.69. The number of hydrogen-bond donors (Lipinski definition) is 3. The topological polar surface area (TPSA) is 123 Å². The minimum absolute atomic E-state index is 0.115. The van der Waals surface area contributed by atoms with Crippen LogP contribution in [0.25, 0.3) is 11.0 Å². The summed E-state index contributed by atoms with van der Waals surface area (Å²) in [6.07, 6.45) is 8.01. The lowest BCUT2D eigenvalue weighted by Gasteiger charge is -2.26. The molecule has 1 saturated heterocycles. The van der Waals surface area contributed by atoms with Crippen molar-refractivity contribution >= 4 is 45.1 Å². The number of hydrogen-bond acceptors (Lipinski definition) is 8. The van der Waals surface area contributed by atoms with Gasteiger partial charge in [0.1, 0.15) is 5.82 Å². The predicted octanol–water partition coefficient (Wildman–Crippen LogP) is 7.47. The Balaban J connectivity index is 1.23. The third-order valence-electron chi connectivity index (χ3n) is 8.30. The zero-order valence-electron chi connectivity index (χ0n) is 27.4. The molecule has 0 radical (unpaired) electrons. The Morgan fingerprint density at radius 1 is 1.00 bits per heavy atom. The van der Waals surface area contributed by atoms with Crippen molar-refractivity contribution in [1.29, 1.82) is 0 Å². The third kappa shape index (κ3) is 8.16. The molecule has 46 heavy (non-hydrogen) atoms. The number of methoxy groups -OCH3 is 1. The molecule has 0 bridgehead atoms. The van der Waals surface area contributed by atoms with Crippen LogP contribution in [0.15, 0.2) is 42.6 Å². The molecule has 1 aliphatic rings. The fourth-order valence-corrected chi connectivity index (χ4v) is 6.48. The van der Waals surface area contributed by atoms with Crippen LogP contribution in [0.1, 0.15) is 82.0 Å². The summed E-state index contributed by atoms with van der Waals surface area (Å²) in [7, 11) is 1.53. The van der Waals surface area contributed by atoms with Crippen LogP contribution in [0, 0.1) is 0 Å². The Hall–Kier alpha value is -4.16. The number of anilines is 2. The van der Waals surface area contributed by atoms with E-state index < -0.39 is 0 Å². The number of thiazole rings is 1. The van der Waals surface area contributed by atoms with Gasteiger partial charge in [-0.05, 0) is 83.0 Å². The number of imidazole rings is 1. The number of carbonyl (C=O) groups is 2. The highest BCUT2D eigenvalue weighted by Gasteiger charge is 2.19. The molecule has 3 heterocycles. The molecule has 12 heteroatoms. The van der Waals surface area contributed by atoms with Gasteiger partial charge in [-0.3, -0.25) is 10.1 Å². The lowest BCUT2D eigenvalue weighted by atomic mass is 10.1. The van der Waals surface area contributed by atoms with Crippen LogP contribution in [-0.4, -0.2) is 64.2 Å². The summed E-state index contributed by atoms with van der Waals surface area (Å²) >= 11 is 1.21. The molecular weight excluding hydrogens is 602 g/mol. The van der Waals surface area contributed by atoms with Gasteiger partial charge in [-0.15, -0.1) is 0 Å².